The lowest BCUT2D eigenvalue weighted by Gasteiger charge is -2.15. The summed E-state index contributed by atoms with van der Waals surface area (Å²) in [7, 11) is 2.67. The van der Waals surface area contributed by atoms with Gasteiger partial charge in [0.15, 0.2) is 23.2 Å². The Labute approximate surface area is 182 Å². The Morgan fingerprint density at radius 3 is 2.34 bits per heavy atom. The van der Waals surface area contributed by atoms with Crippen molar-refractivity contribution in [3.8, 4) is 23.0 Å². The topological polar surface area (TPSA) is 122 Å². The van der Waals surface area contributed by atoms with Crippen LogP contribution in [-0.2, 0) is 4.79 Å². The minimum absolute atomic E-state index is 0.0857. The van der Waals surface area contributed by atoms with Gasteiger partial charge in [-0.3, -0.25) is 14.9 Å². The molecule has 0 radical (unpaired) electrons. The van der Waals surface area contributed by atoms with Crippen LogP contribution in [0, 0.1) is 0 Å². The summed E-state index contributed by atoms with van der Waals surface area (Å²) in [5, 5.41) is 2.72. The van der Waals surface area contributed by atoms with Gasteiger partial charge in [-0.2, -0.15) is 0 Å². The molecular weight excluding hydrogens is 455 g/mol. The minimum Gasteiger partial charge on any atom is -0.493 e. The zero-order chi connectivity index (χ0) is 23.5. The lowest BCUT2D eigenvalue weighted by molar-refractivity contribution is -0.274. The molecule has 0 saturated heterocycles. The second-order valence-corrected chi connectivity index (χ2v) is 7.15. The Bertz CT molecular complexity index is 1140. The van der Waals surface area contributed by atoms with Crippen LogP contribution in [0.2, 0.25) is 0 Å². The van der Waals surface area contributed by atoms with Crippen molar-refractivity contribution in [1.29, 1.82) is 0 Å². The van der Waals surface area contributed by atoms with Gasteiger partial charge in [-0.15, -0.1) is 13.2 Å². The van der Waals surface area contributed by atoms with Crippen LogP contribution in [0.1, 0.15) is 10.4 Å². The number of hydrogen-bond acceptors (Lipinski definition) is 8. The number of thiazole rings is 1. The van der Waals surface area contributed by atoms with Gasteiger partial charge < -0.3 is 24.7 Å². The third-order valence-corrected chi connectivity index (χ3v) is 4.83. The van der Waals surface area contributed by atoms with Gasteiger partial charge in [0, 0.05) is 11.6 Å². The summed E-state index contributed by atoms with van der Waals surface area (Å²) < 4.78 is 57.2. The molecule has 3 N–H and O–H groups in total. The summed E-state index contributed by atoms with van der Waals surface area (Å²) in [5.74, 6) is -1.37. The largest absolute Gasteiger partial charge is 0.573 e. The third-order valence-electron chi connectivity index (χ3n) is 3.90. The van der Waals surface area contributed by atoms with E-state index in [0.717, 1.165) is 17.4 Å². The van der Waals surface area contributed by atoms with Crippen molar-refractivity contribution in [3.05, 3.63) is 35.9 Å². The van der Waals surface area contributed by atoms with E-state index in [9.17, 15) is 22.8 Å². The number of halogens is 3. The number of primary amides is 1. The predicted molar refractivity (Wildman–Crippen MR) is 108 cm³/mol. The first kappa shape index (κ1) is 22.9. The molecule has 9 nitrogen and oxygen atoms in total. The Morgan fingerprint density at radius 1 is 1.12 bits per heavy atom. The van der Waals surface area contributed by atoms with Crippen molar-refractivity contribution in [1.82, 2.24) is 4.98 Å². The maximum Gasteiger partial charge on any atom is 0.573 e. The van der Waals surface area contributed by atoms with Gasteiger partial charge >= 0.3 is 6.36 Å². The summed E-state index contributed by atoms with van der Waals surface area (Å²) in [6.07, 6.45) is -4.82. The number of ether oxygens (including phenoxy) is 4. The molecule has 0 atom stereocenters. The number of carbonyl (C=O) groups is 2. The molecule has 3 rings (SSSR count). The summed E-state index contributed by atoms with van der Waals surface area (Å²) in [6, 6.07) is 6.36. The fraction of sp³-hybridized carbons (Fsp3) is 0.211. The van der Waals surface area contributed by atoms with Gasteiger partial charge in [-0.1, -0.05) is 11.3 Å². The van der Waals surface area contributed by atoms with Crippen LogP contribution in [0.3, 0.4) is 0 Å². The number of rotatable bonds is 8. The van der Waals surface area contributed by atoms with Crippen LogP contribution in [0.25, 0.3) is 10.2 Å². The molecule has 170 valence electrons. The number of fused-ring (bicyclic) bond motifs is 1. The Morgan fingerprint density at radius 2 is 1.78 bits per heavy atom. The molecule has 13 heteroatoms. The van der Waals surface area contributed by atoms with Crippen LogP contribution < -0.4 is 30.0 Å². The molecule has 2 amide bonds. The van der Waals surface area contributed by atoms with E-state index in [0.29, 0.717) is 10.2 Å². The highest BCUT2D eigenvalue weighted by Crippen LogP contribution is 2.39. The second-order valence-electron chi connectivity index (χ2n) is 6.12. The monoisotopic (exact) mass is 471 g/mol. The molecule has 0 bridgehead atoms. The van der Waals surface area contributed by atoms with E-state index in [1.807, 2.05) is 0 Å². The third kappa shape index (κ3) is 5.49. The molecule has 32 heavy (non-hydrogen) atoms. The quantitative estimate of drug-likeness (QED) is 0.517. The number of aromatic nitrogens is 1. The van der Waals surface area contributed by atoms with Crippen molar-refractivity contribution in [2.24, 2.45) is 5.73 Å². The van der Waals surface area contributed by atoms with Gasteiger partial charge in [-0.05, 0) is 24.3 Å². The molecule has 0 spiro atoms. The molecule has 0 aliphatic heterocycles. The number of benzene rings is 2. The Kier molecular flexibility index (Phi) is 6.58. The zero-order valence-corrected chi connectivity index (χ0v) is 17.4. The maximum absolute atomic E-state index is 12.7. The number of amides is 2. The van der Waals surface area contributed by atoms with E-state index in [1.54, 1.807) is 0 Å². The van der Waals surface area contributed by atoms with Gasteiger partial charge in [0.1, 0.15) is 5.75 Å². The molecule has 1 aromatic heterocycles. The van der Waals surface area contributed by atoms with Crippen LogP contribution in [-0.4, -0.2) is 44.0 Å². The van der Waals surface area contributed by atoms with Gasteiger partial charge in [-0.25, -0.2) is 4.98 Å². The SMILES string of the molecule is COc1cc(C(=O)Nc2nc3ccc(OC(F)(F)F)cc3s2)cc(OC)c1OCC(N)=O. The molecule has 2 aromatic carbocycles. The smallest absolute Gasteiger partial charge is 0.493 e. The van der Waals surface area contributed by atoms with Crippen molar-refractivity contribution >= 4 is 38.5 Å². The molecular formula is C19H16F3N3O6S. The first-order valence-corrected chi connectivity index (χ1v) is 9.56. The van der Waals surface area contributed by atoms with E-state index in [2.05, 4.69) is 15.0 Å². The number of anilines is 1. The fourth-order valence-corrected chi connectivity index (χ4v) is 3.51. The van der Waals surface area contributed by atoms with E-state index in [1.165, 1.54) is 38.5 Å². The molecule has 1 heterocycles. The van der Waals surface area contributed by atoms with Crippen molar-refractivity contribution in [3.63, 3.8) is 0 Å². The highest BCUT2D eigenvalue weighted by atomic mass is 32.1. The molecule has 0 fully saturated rings. The highest BCUT2D eigenvalue weighted by Gasteiger charge is 2.31. The first-order valence-electron chi connectivity index (χ1n) is 8.74. The standard InChI is InChI=1S/C19H16F3N3O6S/c1-28-12-5-9(6-13(29-2)16(12)30-8-15(23)26)17(27)25-18-24-11-4-3-10(7-14(11)32-18)31-19(20,21)22/h3-7H,8H2,1-2H3,(H2,23,26)(H,24,25,27). The predicted octanol–water partition coefficient (Wildman–Crippen LogP) is 3.33. The molecule has 0 aliphatic carbocycles. The normalized spacial score (nSPS) is 11.2. The number of carbonyl (C=O) groups excluding carboxylic acids is 2. The van der Waals surface area contributed by atoms with Crippen LogP contribution in [0.4, 0.5) is 18.3 Å². The summed E-state index contributed by atoms with van der Waals surface area (Å²) in [5.41, 5.74) is 5.58. The number of nitrogens with two attached hydrogens (primary N) is 1. The fourth-order valence-electron chi connectivity index (χ4n) is 2.62. The summed E-state index contributed by atoms with van der Waals surface area (Å²) in [4.78, 5) is 27.9. The van der Waals surface area contributed by atoms with Gasteiger partial charge in [0.2, 0.25) is 5.75 Å². The number of nitrogens with one attached hydrogen (secondary N) is 1. The van der Waals surface area contributed by atoms with E-state index in [4.69, 9.17) is 19.9 Å². The lowest BCUT2D eigenvalue weighted by atomic mass is 10.1. The average molecular weight is 471 g/mol. The first-order chi connectivity index (χ1) is 15.1. The number of alkyl halides is 3. The Balaban J connectivity index is 1.84. The lowest BCUT2D eigenvalue weighted by Crippen LogP contribution is -2.20. The number of hydrogen-bond donors (Lipinski definition) is 2. The summed E-state index contributed by atoms with van der Waals surface area (Å²) in [6.45, 7) is -0.427. The summed E-state index contributed by atoms with van der Waals surface area (Å²) >= 11 is 0.966. The molecule has 0 saturated carbocycles. The van der Waals surface area contributed by atoms with Crippen LogP contribution >= 0.6 is 11.3 Å². The van der Waals surface area contributed by atoms with Crippen LogP contribution in [0.15, 0.2) is 30.3 Å². The minimum atomic E-state index is -4.82. The molecule has 0 unspecified atom stereocenters. The highest BCUT2D eigenvalue weighted by molar-refractivity contribution is 7.22. The van der Waals surface area contributed by atoms with Crippen molar-refractivity contribution < 1.29 is 41.7 Å². The Hall–Kier alpha value is -3.74. The molecule has 3 aromatic rings. The van der Waals surface area contributed by atoms with E-state index in [-0.39, 0.29) is 27.9 Å². The number of nitrogens with zero attached hydrogens (tertiary/aromatic N) is 1. The number of methoxy groups -OCH3 is 2. The zero-order valence-electron chi connectivity index (χ0n) is 16.6. The second kappa shape index (κ2) is 9.18. The van der Waals surface area contributed by atoms with Crippen molar-refractivity contribution in [2.45, 2.75) is 6.36 Å². The maximum atomic E-state index is 12.7. The molecule has 0 aliphatic rings. The van der Waals surface area contributed by atoms with E-state index >= 15 is 0 Å². The van der Waals surface area contributed by atoms with Crippen LogP contribution in [0.5, 0.6) is 23.0 Å². The van der Waals surface area contributed by atoms with Crippen molar-refractivity contribution in [2.75, 3.05) is 26.1 Å². The van der Waals surface area contributed by atoms with Gasteiger partial charge in [0.05, 0.1) is 24.4 Å². The van der Waals surface area contributed by atoms with Gasteiger partial charge in [0.25, 0.3) is 11.8 Å². The average Bonchev–Trinajstić information content (AvgIpc) is 3.11. The van der Waals surface area contributed by atoms with E-state index < -0.39 is 30.5 Å².